The van der Waals surface area contributed by atoms with Gasteiger partial charge in [0.2, 0.25) is 0 Å². The van der Waals surface area contributed by atoms with Crippen molar-refractivity contribution in [3.8, 4) is 17.2 Å². The zero-order valence-corrected chi connectivity index (χ0v) is 61.5. The van der Waals surface area contributed by atoms with Crippen LogP contribution < -0.4 is 30.9 Å². The minimum atomic E-state index is -1.69. The molecule has 540 valence electrons. The van der Waals surface area contributed by atoms with E-state index in [0.29, 0.717) is 84.8 Å². The first kappa shape index (κ1) is 67.5. The molecule has 9 atom stereocenters. The number of rotatable bonds is 6. The lowest BCUT2D eigenvalue weighted by Crippen LogP contribution is -2.49. The van der Waals surface area contributed by atoms with E-state index in [1.807, 2.05) is 269 Å². The Labute approximate surface area is 627 Å². The molecule has 0 amide bonds. The van der Waals surface area contributed by atoms with E-state index in [0.717, 1.165) is 83.5 Å². The van der Waals surface area contributed by atoms with E-state index in [1.165, 1.54) is 4.52 Å². The highest BCUT2D eigenvalue weighted by molar-refractivity contribution is 5.71. The van der Waals surface area contributed by atoms with Gasteiger partial charge in [0, 0.05) is 51.8 Å². The monoisotopic (exact) mass is 1440 g/mol. The Hall–Kier alpha value is -12.1. The van der Waals surface area contributed by atoms with Crippen molar-refractivity contribution in [1.82, 2.24) is 33.5 Å². The Morgan fingerprint density at radius 2 is 0.761 bits per heavy atom. The molecule has 0 bridgehead atoms. The van der Waals surface area contributed by atoms with E-state index < -0.39 is 51.4 Å². The summed E-state index contributed by atoms with van der Waals surface area (Å²) in [5.41, 5.74) is 9.95. The Morgan fingerprint density at radius 3 is 1.17 bits per heavy atom. The van der Waals surface area contributed by atoms with Gasteiger partial charge in [0.25, 0.3) is 16.7 Å². The van der Waals surface area contributed by atoms with Gasteiger partial charge < -0.3 is 34.3 Å². The van der Waals surface area contributed by atoms with Crippen molar-refractivity contribution in [1.29, 1.82) is 0 Å². The SMILES string of the molecule is Cc1ccc([C@@]23Oc4cc(C)cc(C)c4[C@]2(O)c2nc4cc[nH]n4c(=O)c2[C@H]3c2ccccc2)cc1.Cc1ccc([C@@]23Oc4cc(C)cc(C)c4[C@]2(O)c2nc4ccccn4c(=O)c2[C@H]3c2ccccc2)cc1.Cc1ccc([C@@]23Oc4cc(C)cc(C)c4[C@]2(O)c2nc4n(c(=O)c2[C@H]3c2ccccc2)COC4)cc1. The van der Waals surface area contributed by atoms with Gasteiger partial charge in [-0.25, -0.2) is 19.5 Å². The first-order valence-corrected chi connectivity index (χ1v) is 36.9. The van der Waals surface area contributed by atoms with Crippen LogP contribution in [0.5, 0.6) is 17.2 Å². The molecule has 109 heavy (non-hydrogen) atoms. The Kier molecular flexibility index (Phi) is 14.8. The number of benzene rings is 9. The molecule has 5 aromatic heterocycles. The number of aromatic nitrogens is 7. The molecular weight excluding hydrogens is 1360 g/mol. The van der Waals surface area contributed by atoms with E-state index in [2.05, 4.69) is 11.2 Å². The second-order valence-corrected chi connectivity index (χ2v) is 30.6. The van der Waals surface area contributed by atoms with Crippen molar-refractivity contribution in [2.45, 2.75) is 127 Å². The van der Waals surface area contributed by atoms with Crippen LogP contribution in [-0.2, 0) is 51.7 Å². The lowest BCUT2D eigenvalue weighted by molar-refractivity contribution is -0.0907. The maximum atomic E-state index is 14.2. The van der Waals surface area contributed by atoms with Gasteiger partial charge in [0.15, 0.2) is 39.3 Å². The molecular formula is C92H77N7O10. The fraction of sp³-hybridized carbons (Fsp3) is 0.217. The first-order valence-electron chi connectivity index (χ1n) is 36.9. The van der Waals surface area contributed by atoms with Crippen LogP contribution in [-0.4, -0.2) is 48.9 Å². The summed E-state index contributed by atoms with van der Waals surface area (Å²) in [6.45, 7) is 18.5. The molecule has 17 heteroatoms. The molecule has 3 aliphatic carbocycles. The van der Waals surface area contributed by atoms with Crippen LogP contribution in [0.15, 0.2) is 251 Å². The lowest BCUT2D eigenvalue weighted by atomic mass is 9.69. The number of aryl methyl sites for hydroxylation is 9. The van der Waals surface area contributed by atoms with E-state index >= 15 is 0 Å². The summed E-state index contributed by atoms with van der Waals surface area (Å²) in [5, 5.41) is 42.3. The highest BCUT2D eigenvalue weighted by Crippen LogP contribution is 2.72. The Bertz CT molecular complexity index is 6340. The molecule has 4 aliphatic heterocycles. The molecule has 0 spiro atoms. The third-order valence-electron chi connectivity index (χ3n) is 23.9. The second kappa shape index (κ2) is 23.9. The minimum Gasteiger partial charge on any atom is -0.477 e. The maximum absolute atomic E-state index is 14.2. The fourth-order valence-electron chi connectivity index (χ4n) is 19.6. The number of H-pyrrole nitrogens is 1. The summed E-state index contributed by atoms with van der Waals surface area (Å²) < 4.78 is 31.1. The smallest absolute Gasteiger partial charge is 0.277 e. The van der Waals surface area contributed by atoms with Gasteiger partial charge in [-0.2, -0.15) is 0 Å². The number of pyridine rings is 1. The molecule has 14 aromatic rings. The zero-order valence-electron chi connectivity index (χ0n) is 61.5. The number of nitrogens with one attached hydrogen (secondary N) is 1. The number of hydrogen-bond acceptors (Lipinski definition) is 13. The van der Waals surface area contributed by atoms with E-state index in [4.69, 9.17) is 33.9 Å². The highest BCUT2D eigenvalue weighted by Gasteiger charge is 2.76. The average molecular weight is 1440 g/mol. The Morgan fingerprint density at radius 1 is 0.394 bits per heavy atom. The molecule has 0 saturated heterocycles. The van der Waals surface area contributed by atoms with Crippen molar-refractivity contribution < 1.29 is 34.3 Å². The molecule has 0 unspecified atom stereocenters. The number of aromatic amines is 1. The van der Waals surface area contributed by atoms with E-state index in [-0.39, 0.29) is 30.0 Å². The van der Waals surface area contributed by atoms with Crippen LogP contribution in [0.3, 0.4) is 0 Å². The topological polar surface area (TPSA) is 217 Å². The third kappa shape index (κ3) is 8.97. The number of nitrogens with zero attached hydrogens (tertiary/aromatic N) is 6. The molecule has 9 heterocycles. The summed E-state index contributed by atoms with van der Waals surface area (Å²) in [6.07, 6.45) is 3.41. The van der Waals surface area contributed by atoms with Crippen molar-refractivity contribution in [2.24, 2.45) is 0 Å². The van der Waals surface area contributed by atoms with Crippen molar-refractivity contribution >= 4 is 11.3 Å². The molecule has 21 rings (SSSR count). The lowest BCUT2D eigenvalue weighted by Gasteiger charge is -2.40. The van der Waals surface area contributed by atoms with Crippen LogP contribution in [0.2, 0.25) is 0 Å². The predicted octanol–water partition coefficient (Wildman–Crippen LogP) is 14.2. The second-order valence-electron chi connectivity index (χ2n) is 30.6. The van der Waals surface area contributed by atoms with Crippen LogP contribution in [0.4, 0.5) is 0 Å². The summed E-state index contributed by atoms with van der Waals surface area (Å²) in [6, 6.07) is 73.0. The third-order valence-corrected chi connectivity index (χ3v) is 23.9. The molecule has 0 fully saturated rings. The quantitative estimate of drug-likeness (QED) is 0.122. The largest absolute Gasteiger partial charge is 0.477 e. The van der Waals surface area contributed by atoms with Crippen LogP contribution in [0.1, 0.15) is 157 Å². The van der Waals surface area contributed by atoms with E-state index in [9.17, 15) is 29.7 Å². The van der Waals surface area contributed by atoms with E-state index in [1.54, 1.807) is 33.5 Å². The molecule has 7 aliphatic rings. The highest BCUT2D eigenvalue weighted by atomic mass is 16.5. The molecule has 0 saturated carbocycles. The van der Waals surface area contributed by atoms with Crippen LogP contribution in [0, 0.1) is 62.3 Å². The molecule has 4 N–H and O–H groups in total. The van der Waals surface area contributed by atoms with Gasteiger partial charge >= 0.3 is 0 Å². The van der Waals surface area contributed by atoms with Gasteiger partial charge in [0.05, 0.1) is 51.5 Å². The number of hydrogen-bond donors (Lipinski definition) is 4. The number of fused-ring (bicyclic) bond motifs is 18. The standard InChI is InChI=1S/C32H26N2O3.C30H25N3O3.C30H26N2O4/c1-19-12-14-23(15-13-19)32-28(22-9-5-4-6-10-22)26-29(33-25-11-7-8-16-34(25)30(26)35)31(32,36)27-21(3)17-20(2)18-24(27)37-32;1-17-9-11-21(12-10-17)30-26(20-7-5-4-6-8-20)24-27(32-23-13-14-31-33(23)28(24)34)29(30,35)25-19(3)15-18(2)16-22(25)36-30;1-17-9-11-21(12-10-17)30-26(20-7-5-4-6-8-20)24-27(31-23-15-35-16-32(23)28(24)33)29(30,34)25-19(3)13-18(2)14-22(25)36-30/h4-18,28,36H,1-3H3;4-16,26,31,35H,1-3H3;4-14,26,34H,15-16H2,1-3H3/t28-,31+,32+;2*26-,29+,30+/m111/s1. The van der Waals surface area contributed by atoms with Gasteiger partial charge in [-0.3, -0.25) is 28.5 Å². The molecule has 0 radical (unpaired) electrons. The fourth-order valence-corrected chi connectivity index (χ4v) is 19.6. The van der Waals surface area contributed by atoms with Gasteiger partial charge in [-0.1, -0.05) is 205 Å². The predicted molar refractivity (Wildman–Crippen MR) is 413 cm³/mol. The average Bonchev–Trinajstić information content (AvgIpc) is 1.50. The van der Waals surface area contributed by atoms with Crippen molar-refractivity contribution in [3.05, 3.63) is 408 Å². The van der Waals surface area contributed by atoms with Crippen molar-refractivity contribution in [2.75, 3.05) is 0 Å². The zero-order chi connectivity index (χ0) is 75.2. The number of ether oxygens (including phenoxy) is 4. The van der Waals surface area contributed by atoms with Gasteiger partial charge in [0.1, 0.15) is 42.1 Å². The normalized spacial score (nSPS) is 24.1. The Balaban J connectivity index is 0.000000111. The minimum absolute atomic E-state index is 0.154. The van der Waals surface area contributed by atoms with Gasteiger partial charge in [-0.05, 0) is 143 Å². The summed E-state index contributed by atoms with van der Waals surface area (Å²) in [7, 11) is 0. The number of aliphatic hydroxyl groups is 3. The summed E-state index contributed by atoms with van der Waals surface area (Å²) in [5.74, 6) is 0.611. The summed E-state index contributed by atoms with van der Waals surface area (Å²) in [4.78, 5) is 57.2. The van der Waals surface area contributed by atoms with Gasteiger partial charge in [-0.15, -0.1) is 0 Å². The molecule has 9 aromatic carbocycles. The maximum Gasteiger partial charge on any atom is 0.277 e. The summed E-state index contributed by atoms with van der Waals surface area (Å²) >= 11 is 0. The van der Waals surface area contributed by atoms with Crippen molar-refractivity contribution in [3.63, 3.8) is 0 Å². The van der Waals surface area contributed by atoms with Crippen LogP contribution >= 0.6 is 0 Å². The molecule has 17 nitrogen and oxygen atoms in total. The van der Waals surface area contributed by atoms with Crippen LogP contribution in [0.25, 0.3) is 11.3 Å². The first-order chi connectivity index (χ1) is 52.6.